The van der Waals surface area contributed by atoms with E-state index in [9.17, 15) is 14.7 Å². The van der Waals surface area contributed by atoms with Gasteiger partial charge in [0, 0.05) is 20.0 Å². The van der Waals surface area contributed by atoms with Crippen molar-refractivity contribution in [2.75, 3.05) is 13.6 Å². The number of aromatic nitrogens is 3. The highest BCUT2D eigenvalue weighted by molar-refractivity contribution is 5.90. The first kappa shape index (κ1) is 19.6. The van der Waals surface area contributed by atoms with Gasteiger partial charge in [0.15, 0.2) is 5.76 Å². The molecular formula is C20H27N5O4. The van der Waals surface area contributed by atoms with Crippen molar-refractivity contribution in [3.8, 4) is 11.5 Å². The summed E-state index contributed by atoms with van der Waals surface area (Å²) in [5.74, 6) is 0.265. The van der Waals surface area contributed by atoms with Crippen LogP contribution in [0.1, 0.15) is 44.6 Å². The molecule has 156 valence electrons. The number of likely N-dealkylation sites (N-methyl/N-ethyl adjacent to an activating group) is 1. The van der Waals surface area contributed by atoms with Crippen LogP contribution in [0.3, 0.4) is 0 Å². The fourth-order valence-corrected chi connectivity index (χ4v) is 4.57. The van der Waals surface area contributed by atoms with Gasteiger partial charge in [0.05, 0.1) is 18.6 Å². The summed E-state index contributed by atoms with van der Waals surface area (Å²) in [6.07, 6.45) is 7.98. The number of hydrogen-bond donors (Lipinski definition) is 2. The number of β-amino-alcohol motifs (C(OH)–C–C–N with tert-alkyl or cyclic N) is 1. The Morgan fingerprint density at radius 2 is 2.10 bits per heavy atom. The molecular weight excluding hydrogens is 374 g/mol. The highest BCUT2D eigenvalue weighted by atomic mass is 16.3. The largest absolute Gasteiger partial charge is 0.463 e. The molecule has 0 spiro atoms. The van der Waals surface area contributed by atoms with Crippen LogP contribution in [0.2, 0.25) is 0 Å². The van der Waals surface area contributed by atoms with Gasteiger partial charge < -0.3 is 19.7 Å². The number of carbonyl (C=O) groups is 2. The van der Waals surface area contributed by atoms with E-state index in [1.165, 1.54) is 4.90 Å². The van der Waals surface area contributed by atoms with E-state index in [1.807, 2.05) is 0 Å². The van der Waals surface area contributed by atoms with E-state index in [2.05, 4.69) is 15.6 Å². The van der Waals surface area contributed by atoms with Crippen LogP contribution in [-0.2, 0) is 9.59 Å². The van der Waals surface area contributed by atoms with Gasteiger partial charge in [0.25, 0.3) is 0 Å². The number of likely N-dealkylation sites (tertiary alicyclic amines) is 1. The highest BCUT2D eigenvalue weighted by Gasteiger charge is 2.44. The van der Waals surface area contributed by atoms with E-state index < -0.39 is 18.2 Å². The molecule has 3 heterocycles. The molecule has 0 aromatic carbocycles. The van der Waals surface area contributed by atoms with Crippen LogP contribution in [0, 0.1) is 5.92 Å². The molecule has 2 amide bonds. The van der Waals surface area contributed by atoms with Crippen molar-refractivity contribution in [3.05, 3.63) is 24.6 Å². The molecule has 2 fully saturated rings. The minimum atomic E-state index is -0.706. The number of aliphatic hydroxyl groups is 1. The molecule has 2 aromatic heterocycles. The van der Waals surface area contributed by atoms with Crippen LogP contribution in [0.5, 0.6) is 0 Å². The first-order valence-corrected chi connectivity index (χ1v) is 10.2. The van der Waals surface area contributed by atoms with Gasteiger partial charge >= 0.3 is 0 Å². The van der Waals surface area contributed by atoms with Gasteiger partial charge in [0.1, 0.15) is 17.8 Å². The number of furan rings is 1. The predicted octanol–water partition coefficient (Wildman–Crippen LogP) is 1.37. The molecule has 1 saturated carbocycles. The van der Waals surface area contributed by atoms with Crippen molar-refractivity contribution in [2.45, 2.75) is 56.7 Å². The zero-order valence-corrected chi connectivity index (χ0v) is 16.5. The van der Waals surface area contributed by atoms with Crippen molar-refractivity contribution < 1.29 is 19.1 Å². The summed E-state index contributed by atoms with van der Waals surface area (Å²) in [7, 11) is 1.54. The van der Waals surface area contributed by atoms with Gasteiger partial charge in [-0.3, -0.25) is 9.59 Å². The van der Waals surface area contributed by atoms with Gasteiger partial charge in [-0.25, -0.2) is 4.68 Å². The minimum Gasteiger partial charge on any atom is -0.463 e. The standard InChI is InChI=1S/C20H27N5O4/c1-21-19(27)16-10-14(26)11-24(16)20(28)18(13-6-3-2-4-7-13)25-12-15(22-23-25)17-8-5-9-29-17/h5,8-9,12-14,16,18,26H,2-4,6-7,10-11H2,1H3,(H,21,27)/t14-,16+,18-/m1/s1. The Kier molecular flexibility index (Phi) is 5.66. The van der Waals surface area contributed by atoms with Gasteiger partial charge in [-0.15, -0.1) is 5.10 Å². The lowest BCUT2D eigenvalue weighted by Gasteiger charge is -2.33. The molecule has 1 saturated heterocycles. The Morgan fingerprint density at radius 3 is 2.79 bits per heavy atom. The first-order chi connectivity index (χ1) is 14.1. The van der Waals surface area contributed by atoms with Crippen molar-refractivity contribution in [1.29, 1.82) is 0 Å². The number of nitrogens with zero attached hydrogens (tertiary/aromatic N) is 4. The van der Waals surface area contributed by atoms with E-state index in [0.29, 0.717) is 11.5 Å². The maximum Gasteiger partial charge on any atom is 0.248 e. The van der Waals surface area contributed by atoms with Crippen LogP contribution in [0.4, 0.5) is 0 Å². The molecule has 4 rings (SSSR count). The third-order valence-corrected chi connectivity index (χ3v) is 6.03. The van der Waals surface area contributed by atoms with Crippen LogP contribution in [0.15, 0.2) is 29.0 Å². The summed E-state index contributed by atoms with van der Waals surface area (Å²) in [5.41, 5.74) is 0.563. The third-order valence-electron chi connectivity index (χ3n) is 6.03. The minimum absolute atomic E-state index is 0.116. The summed E-state index contributed by atoms with van der Waals surface area (Å²) in [6.45, 7) is 0.153. The highest BCUT2D eigenvalue weighted by Crippen LogP contribution is 2.36. The SMILES string of the molecule is CNC(=O)[C@@H]1C[C@@H](O)CN1C(=O)[C@@H](C1CCCCC1)n1cc(-c2ccco2)nn1. The number of carbonyl (C=O) groups excluding carboxylic acids is 2. The molecule has 2 N–H and O–H groups in total. The summed E-state index contributed by atoms with van der Waals surface area (Å²) in [4.78, 5) is 27.5. The molecule has 1 aliphatic carbocycles. The van der Waals surface area contributed by atoms with Crippen molar-refractivity contribution in [2.24, 2.45) is 5.92 Å². The van der Waals surface area contributed by atoms with Crippen LogP contribution in [-0.4, -0.2) is 62.6 Å². The van der Waals surface area contributed by atoms with E-state index in [1.54, 1.807) is 36.3 Å². The van der Waals surface area contributed by atoms with Crippen molar-refractivity contribution in [3.63, 3.8) is 0 Å². The molecule has 2 aromatic rings. The van der Waals surface area contributed by atoms with Crippen molar-refractivity contribution >= 4 is 11.8 Å². The molecule has 29 heavy (non-hydrogen) atoms. The van der Waals surface area contributed by atoms with E-state index >= 15 is 0 Å². The first-order valence-electron chi connectivity index (χ1n) is 10.2. The summed E-state index contributed by atoms with van der Waals surface area (Å²) < 4.78 is 7.01. The Bertz CT molecular complexity index is 843. The quantitative estimate of drug-likeness (QED) is 0.782. The average molecular weight is 401 g/mol. The van der Waals surface area contributed by atoms with E-state index in [0.717, 1.165) is 32.1 Å². The van der Waals surface area contributed by atoms with Crippen LogP contribution in [0.25, 0.3) is 11.5 Å². The van der Waals surface area contributed by atoms with Crippen LogP contribution >= 0.6 is 0 Å². The normalized spacial score (nSPS) is 23.9. The number of hydrogen-bond acceptors (Lipinski definition) is 6. The topological polar surface area (TPSA) is 113 Å². The smallest absolute Gasteiger partial charge is 0.248 e. The Hall–Kier alpha value is -2.68. The fraction of sp³-hybridized carbons (Fsp3) is 0.600. The predicted molar refractivity (Wildman–Crippen MR) is 104 cm³/mol. The molecule has 2 aliphatic rings. The van der Waals surface area contributed by atoms with E-state index in [4.69, 9.17) is 4.42 Å². The lowest BCUT2D eigenvalue weighted by Crippen LogP contribution is -2.49. The molecule has 0 bridgehead atoms. The number of rotatable bonds is 5. The van der Waals surface area contributed by atoms with Gasteiger partial charge in [0.2, 0.25) is 11.8 Å². The summed E-state index contributed by atoms with van der Waals surface area (Å²) >= 11 is 0. The van der Waals surface area contributed by atoms with Crippen LogP contribution < -0.4 is 5.32 Å². The Balaban J connectivity index is 1.65. The molecule has 0 radical (unpaired) electrons. The molecule has 0 unspecified atom stereocenters. The monoisotopic (exact) mass is 401 g/mol. The average Bonchev–Trinajstić information content (AvgIpc) is 3.49. The second kappa shape index (κ2) is 8.36. The maximum atomic E-state index is 13.6. The Labute approximate surface area is 169 Å². The van der Waals surface area contributed by atoms with Crippen molar-refractivity contribution in [1.82, 2.24) is 25.2 Å². The zero-order valence-electron chi connectivity index (χ0n) is 16.5. The zero-order chi connectivity index (χ0) is 20.4. The summed E-state index contributed by atoms with van der Waals surface area (Å²) in [5, 5.41) is 21.2. The Morgan fingerprint density at radius 1 is 1.31 bits per heavy atom. The fourth-order valence-electron chi connectivity index (χ4n) is 4.57. The molecule has 9 nitrogen and oxygen atoms in total. The second-order valence-electron chi connectivity index (χ2n) is 7.91. The van der Waals surface area contributed by atoms with Gasteiger partial charge in [-0.05, 0) is 30.9 Å². The maximum absolute atomic E-state index is 13.6. The number of nitrogens with one attached hydrogen (secondary N) is 1. The van der Waals surface area contributed by atoms with Gasteiger partial charge in [-0.1, -0.05) is 24.5 Å². The molecule has 9 heteroatoms. The second-order valence-corrected chi connectivity index (χ2v) is 7.91. The lowest BCUT2D eigenvalue weighted by molar-refractivity contribution is -0.143. The number of amides is 2. The molecule has 3 atom stereocenters. The van der Waals surface area contributed by atoms with E-state index in [-0.39, 0.29) is 30.7 Å². The summed E-state index contributed by atoms with van der Waals surface area (Å²) in [6, 6.07) is 2.35. The number of aliphatic hydroxyl groups excluding tert-OH is 1. The lowest BCUT2D eigenvalue weighted by atomic mass is 9.83. The van der Waals surface area contributed by atoms with Gasteiger partial charge in [-0.2, -0.15) is 0 Å². The molecule has 1 aliphatic heterocycles. The third kappa shape index (κ3) is 3.91.